The summed E-state index contributed by atoms with van der Waals surface area (Å²) in [5.74, 6) is -0.717. The van der Waals surface area contributed by atoms with E-state index in [-0.39, 0.29) is 30.1 Å². The van der Waals surface area contributed by atoms with E-state index in [1.165, 1.54) is 4.68 Å². The van der Waals surface area contributed by atoms with Crippen molar-refractivity contribution in [1.29, 1.82) is 0 Å². The fourth-order valence-corrected chi connectivity index (χ4v) is 3.76. The SMILES string of the molecule is Cc1c(NC(=O)CNC(=O)Cc2cccc3ccccc23)c(=O)n(-c2ccccc2)n1C. The molecule has 7 nitrogen and oxygen atoms in total. The van der Waals surface area contributed by atoms with Gasteiger partial charge < -0.3 is 10.6 Å². The minimum atomic E-state index is -0.456. The van der Waals surface area contributed by atoms with Crippen LogP contribution in [0.25, 0.3) is 16.5 Å². The summed E-state index contributed by atoms with van der Waals surface area (Å²) in [7, 11) is 1.76. The predicted octanol–water partition coefficient (Wildman–Crippen LogP) is 2.94. The van der Waals surface area contributed by atoms with Crippen molar-refractivity contribution < 1.29 is 9.59 Å². The van der Waals surface area contributed by atoms with Gasteiger partial charge in [0.05, 0.1) is 24.3 Å². The van der Waals surface area contributed by atoms with E-state index in [1.54, 1.807) is 18.7 Å². The lowest BCUT2D eigenvalue weighted by molar-refractivity contribution is -0.123. The second-order valence-electron chi connectivity index (χ2n) is 7.58. The van der Waals surface area contributed by atoms with E-state index < -0.39 is 5.91 Å². The van der Waals surface area contributed by atoms with Gasteiger partial charge in [-0.1, -0.05) is 60.7 Å². The van der Waals surface area contributed by atoms with Crippen molar-refractivity contribution in [3.05, 3.63) is 94.4 Å². The summed E-state index contributed by atoms with van der Waals surface area (Å²) in [4.78, 5) is 37.8. The fraction of sp³-hybridized carbons (Fsp3) is 0.160. The molecule has 1 heterocycles. The molecule has 0 aliphatic rings. The van der Waals surface area contributed by atoms with Gasteiger partial charge in [-0.2, -0.15) is 0 Å². The molecule has 0 saturated carbocycles. The lowest BCUT2D eigenvalue weighted by Gasteiger charge is -2.08. The first kappa shape index (κ1) is 21.1. The van der Waals surface area contributed by atoms with Gasteiger partial charge in [0.25, 0.3) is 5.56 Å². The molecule has 0 fully saturated rings. The van der Waals surface area contributed by atoms with Gasteiger partial charge in [-0.15, -0.1) is 0 Å². The zero-order valence-corrected chi connectivity index (χ0v) is 18.0. The Hall–Kier alpha value is -4.13. The number of anilines is 1. The minimum absolute atomic E-state index is 0.166. The number of nitrogens with one attached hydrogen (secondary N) is 2. The monoisotopic (exact) mass is 428 g/mol. The molecule has 3 aromatic carbocycles. The highest BCUT2D eigenvalue weighted by atomic mass is 16.2. The van der Waals surface area contributed by atoms with Crippen LogP contribution in [0.5, 0.6) is 0 Å². The quantitative estimate of drug-likeness (QED) is 0.495. The lowest BCUT2D eigenvalue weighted by atomic mass is 10.0. The molecule has 0 bridgehead atoms. The Labute approximate surface area is 185 Å². The average Bonchev–Trinajstić information content (AvgIpc) is 3.01. The smallest absolute Gasteiger partial charge is 0.295 e. The van der Waals surface area contributed by atoms with Crippen molar-refractivity contribution >= 4 is 28.3 Å². The molecule has 2 amide bonds. The van der Waals surface area contributed by atoms with Crippen LogP contribution in [0.4, 0.5) is 5.69 Å². The Morgan fingerprint density at radius 2 is 1.56 bits per heavy atom. The van der Waals surface area contributed by atoms with E-state index in [0.29, 0.717) is 11.4 Å². The topological polar surface area (TPSA) is 85.1 Å². The molecular formula is C25H24N4O3. The van der Waals surface area contributed by atoms with Gasteiger partial charge in [-0.25, -0.2) is 4.68 Å². The molecule has 32 heavy (non-hydrogen) atoms. The third-order valence-electron chi connectivity index (χ3n) is 5.50. The van der Waals surface area contributed by atoms with Crippen molar-refractivity contribution in [3.8, 4) is 5.69 Å². The Morgan fingerprint density at radius 3 is 2.34 bits per heavy atom. The Bertz CT molecular complexity index is 1350. The summed E-state index contributed by atoms with van der Waals surface area (Å²) in [6.45, 7) is 1.54. The maximum atomic E-state index is 12.9. The number of para-hydroxylation sites is 1. The summed E-state index contributed by atoms with van der Waals surface area (Å²) < 4.78 is 3.18. The van der Waals surface area contributed by atoms with E-state index in [1.807, 2.05) is 72.8 Å². The standard InChI is InChI=1S/C25H24N4O3/c1-17-24(25(32)29(28(17)2)20-12-4-3-5-13-20)27-23(31)16-26-22(30)15-19-11-8-10-18-9-6-7-14-21(18)19/h3-14H,15-16H2,1-2H3,(H,26,30)(H,27,31). The number of fused-ring (bicyclic) bond motifs is 1. The Morgan fingerprint density at radius 1 is 0.875 bits per heavy atom. The Kier molecular flexibility index (Phi) is 5.89. The van der Waals surface area contributed by atoms with E-state index in [2.05, 4.69) is 10.6 Å². The third-order valence-corrected chi connectivity index (χ3v) is 5.50. The van der Waals surface area contributed by atoms with Crippen LogP contribution in [0, 0.1) is 6.92 Å². The second-order valence-corrected chi connectivity index (χ2v) is 7.58. The molecule has 1 aromatic heterocycles. The Balaban J connectivity index is 1.42. The molecule has 0 aliphatic carbocycles. The van der Waals surface area contributed by atoms with Crippen molar-refractivity contribution in [2.75, 3.05) is 11.9 Å². The van der Waals surface area contributed by atoms with Crippen LogP contribution in [0.1, 0.15) is 11.3 Å². The number of hydrogen-bond donors (Lipinski definition) is 2. The molecule has 162 valence electrons. The van der Waals surface area contributed by atoms with Gasteiger partial charge in [0.2, 0.25) is 11.8 Å². The van der Waals surface area contributed by atoms with Gasteiger partial charge in [0.15, 0.2) is 0 Å². The van der Waals surface area contributed by atoms with Crippen LogP contribution in [0.15, 0.2) is 77.6 Å². The maximum absolute atomic E-state index is 12.9. The molecule has 4 rings (SSSR count). The summed E-state index contributed by atoms with van der Waals surface area (Å²) in [6.07, 6.45) is 0.166. The van der Waals surface area contributed by atoms with Crippen molar-refractivity contribution in [3.63, 3.8) is 0 Å². The summed E-state index contributed by atoms with van der Waals surface area (Å²) in [5, 5.41) is 7.36. The average molecular weight is 428 g/mol. The molecule has 0 atom stereocenters. The molecule has 0 radical (unpaired) electrons. The summed E-state index contributed by atoms with van der Waals surface area (Å²) >= 11 is 0. The van der Waals surface area contributed by atoms with Crippen molar-refractivity contribution in [2.24, 2.45) is 7.05 Å². The van der Waals surface area contributed by atoms with Gasteiger partial charge in [0.1, 0.15) is 5.69 Å². The highest BCUT2D eigenvalue weighted by Crippen LogP contribution is 2.19. The number of benzene rings is 3. The number of nitrogens with zero attached hydrogens (tertiary/aromatic N) is 2. The van der Waals surface area contributed by atoms with Gasteiger partial charge >= 0.3 is 0 Å². The molecule has 0 saturated heterocycles. The lowest BCUT2D eigenvalue weighted by Crippen LogP contribution is -2.34. The number of aromatic nitrogens is 2. The van der Waals surface area contributed by atoms with E-state index >= 15 is 0 Å². The van der Waals surface area contributed by atoms with Crippen molar-refractivity contribution in [2.45, 2.75) is 13.3 Å². The zero-order valence-electron chi connectivity index (χ0n) is 18.0. The normalized spacial score (nSPS) is 10.8. The zero-order chi connectivity index (χ0) is 22.7. The molecule has 4 aromatic rings. The summed E-state index contributed by atoms with van der Waals surface area (Å²) in [5.41, 5.74) is 2.09. The third kappa shape index (κ3) is 4.18. The largest absolute Gasteiger partial charge is 0.347 e. The van der Waals surface area contributed by atoms with Crippen LogP contribution in [0.3, 0.4) is 0 Å². The molecule has 0 unspecified atom stereocenters. The molecule has 0 aliphatic heterocycles. The molecular weight excluding hydrogens is 404 g/mol. The fourth-order valence-electron chi connectivity index (χ4n) is 3.76. The van der Waals surface area contributed by atoms with Crippen LogP contribution < -0.4 is 16.2 Å². The number of rotatable bonds is 6. The second kappa shape index (κ2) is 8.93. The van der Waals surface area contributed by atoms with E-state index in [4.69, 9.17) is 0 Å². The molecule has 0 spiro atoms. The van der Waals surface area contributed by atoms with Crippen LogP contribution in [-0.2, 0) is 23.1 Å². The van der Waals surface area contributed by atoms with Gasteiger partial charge in [-0.3, -0.25) is 19.1 Å². The first-order valence-corrected chi connectivity index (χ1v) is 10.3. The number of carbonyl (C=O) groups is 2. The predicted molar refractivity (Wildman–Crippen MR) is 125 cm³/mol. The van der Waals surface area contributed by atoms with Gasteiger partial charge in [-0.05, 0) is 35.4 Å². The van der Waals surface area contributed by atoms with Crippen LogP contribution in [0.2, 0.25) is 0 Å². The highest BCUT2D eigenvalue weighted by Gasteiger charge is 2.18. The van der Waals surface area contributed by atoms with E-state index in [0.717, 1.165) is 16.3 Å². The van der Waals surface area contributed by atoms with Crippen LogP contribution in [-0.4, -0.2) is 27.7 Å². The highest BCUT2D eigenvalue weighted by molar-refractivity contribution is 5.96. The first-order valence-electron chi connectivity index (χ1n) is 10.3. The van der Waals surface area contributed by atoms with E-state index in [9.17, 15) is 14.4 Å². The summed E-state index contributed by atoms with van der Waals surface area (Å²) in [6, 6.07) is 22.9. The number of amides is 2. The first-order chi connectivity index (χ1) is 15.5. The van der Waals surface area contributed by atoms with Crippen molar-refractivity contribution in [1.82, 2.24) is 14.7 Å². The minimum Gasteiger partial charge on any atom is -0.347 e. The molecule has 7 heteroatoms. The van der Waals surface area contributed by atoms with Gasteiger partial charge in [0, 0.05) is 7.05 Å². The van der Waals surface area contributed by atoms with Crippen LogP contribution >= 0.6 is 0 Å². The number of hydrogen-bond acceptors (Lipinski definition) is 3. The maximum Gasteiger partial charge on any atom is 0.295 e. The number of carbonyl (C=O) groups excluding carboxylic acids is 2. The molecule has 2 N–H and O–H groups in total.